The Hall–Kier alpha value is -1.40. The lowest BCUT2D eigenvalue weighted by Gasteiger charge is -2.27. The third kappa shape index (κ3) is 8.23. The summed E-state index contributed by atoms with van der Waals surface area (Å²) in [6.45, 7) is 1.33. The van der Waals surface area contributed by atoms with E-state index in [0.717, 1.165) is 38.6 Å². The number of carboxylic acids is 1. The third-order valence-corrected chi connectivity index (χ3v) is 7.32. The van der Waals surface area contributed by atoms with Crippen molar-refractivity contribution in [3.63, 3.8) is 0 Å². The van der Waals surface area contributed by atoms with Crippen molar-refractivity contribution in [2.24, 2.45) is 11.8 Å². The average molecular weight is 435 g/mol. The topological polar surface area (TPSA) is 87.7 Å². The Bertz CT molecular complexity index is 588. The van der Waals surface area contributed by atoms with E-state index in [9.17, 15) is 9.59 Å². The highest BCUT2D eigenvalue weighted by Crippen LogP contribution is 2.47. The summed E-state index contributed by atoms with van der Waals surface area (Å²) in [4.78, 5) is 22.6. The van der Waals surface area contributed by atoms with E-state index in [1.54, 1.807) is 0 Å². The van der Waals surface area contributed by atoms with Gasteiger partial charge in [-0.3, -0.25) is 9.59 Å². The summed E-state index contributed by atoms with van der Waals surface area (Å²) in [6.07, 6.45) is 20.0. The van der Waals surface area contributed by atoms with Crippen LogP contribution in [0, 0.1) is 11.8 Å². The zero-order chi connectivity index (χ0) is 21.9. The Morgan fingerprint density at radius 1 is 0.935 bits per heavy atom. The van der Waals surface area contributed by atoms with Crippen LogP contribution in [-0.2, 0) is 14.3 Å². The van der Waals surface area contributed by atoms with Crippen LogP contribution in [0.1, 0.15) is 89.9 Å². The second-order valence-electron chi connectivity index (χ2n) is 9.69. The van der Waals surface area contributed by atoms with E-state index in [2.05, 4.69) is 22.8 Å². The Kier molecular flexibility index (Phi) is 10.3. The van der Waals surface area contributed by atoms with Crippen molar-refractivity contribution in [3.8, 4) is 0 Å². The number of fused-ring (bicyclic) bond motifs is 2. The largest absolute Gasteiger partial charge is 0.481 e. The molecule has 6 heteroatoms. The van der Waals surface area contributed by atoms with Crippen molar-refractivity contribution in [1.82, 2.24) is 10.6 Å². The Morgan fingerprint density at radius 2 is 1.71 bits per heavy atom. The number of hydrogen-bond acceptors (Lipinski definition) is 4. The summed E-state index contributed by atoms with van der Waals surface area (Å²) in [6, 6.07) is 0.393. The van der Waals surface area contributed by atoms with E-state index < -0.39 is 5.97 Å². The van der Waals surface area contributed by atoms with Gasteiger partial charge in [0.25, 0.3) is 0 Å². The number of unbranched alkanes of at least 4 members (excludes halogenated alkanes) is 2. The fourth-order valence-electron chi connectivity index (χ4n) is 5.70. The van der Waals surface area contributed by atoms with Gasteiger partial charge in [0.05, 0.1) is 18.8 Å². The van der Waals surface area contributed by atoms with Crippen molar-refractivity contribution in [1.29, 1.82) is 0 Å². The lowest BCUT2D eigenvalue weighted by atomic mass is 9.75. The summed E-state index contributed by atoms with van der Waals surface area (Å²) in [5, 5.41) is 15.2. The highest BCUT2D eigenvalue weighted by molar-refractivity contribution is 5.78. The molecular formula is C25H42N2O4. The van der Waals surface area contributed by atoms with Crippen LogP contribution in [0.4, 0.5) is 0 Å². The molecule has 2 aliphatic heterocycles. The van der Waals surface area contributed by atoms with E-state index in [-0.39, 0.29) is 12.3 Å². The predicted octanol–water partition coefficient (Wildman–Crippen LogP) is 4.19. The first-order valence-electron chi connectivity index (χ1n) is 12.7. The number of amides is 1. The average Bonchev–Trinajstić information content (AvgIpc) is 3.35. The minimum atomic E-state index is -0.714. The molecule has 1 amide bonds. The molecule has 2 saturated heterocycles. The summed E-state index contributed by atoms with van der Waals surface area (Å²) in [7, 11) is 0. The van der Waals surface area contributed by atoms with Crippen molar-refractivity contribution in [3.05, 3.63) is 12.2 Å². The van der Waals surface area contributed by atoms with Crippen molar-refractivity contribution >= 4 is 11.9 Å². The van der Waals surface area contributed by atoms with Gasteiger partial charge in [0.2, 0.25) is 5.91 Å². The number of ether oxygens (including phenoxy) is 1. The van der Waals surface area contributed by atoms with Gasteiger partial charge in [-0.15, -0.1) is 0 Å². The SMILES string of the molecule is O=C(O)CCCC=CC[C@@H]1[C@H](CCCCNCC(=O)NC2CCCCC2)[C@@H]2CC[C@H]1O2. The van der Waals surface area contributed by atoms with Crippen LogP contribution in [0.25, 0.3) is 0 Å². The lowest BCUT2D eigenvalue weighted by molar-refractivity contribution is -0.137. The maximum atomic E-state index is 12.1. The number of carbonyl (C=O) groups excluding carboxylic acids is 1. The van der Waals surface area contributed by atoms with Gasteiger partial charge in [-0.25, -0.2) is 0 Å². The molecule has 176 valence electrons. The molecule has 4 atom stereocenters. The molecule has 6 nitrogen and oxygen atoms in total. The highest BCUT2D eigenvalue weighted by Gasteiger charge is 2.47. The van der Waals surface area contributed by atoms with E-state index >= 15 is 0 Å². The second-order valence-corrected chi connectivity index (χ2v) is 9.69. The van der Waals surface area contributed by atoms with Gasteiger partial charge in [-0.1, -0.05) is 37.8 Å². The molecule has 0 unspecified atom stereocenters. The normalized spacial score (nSPS) is 28.4. The molecule has 1 saturated carbocycles. The molecule has 2 heterocycles. The number of allylic oxidation sites excluding steroid dienone is 2. The molecule has 3 fully saturated rings. The number of rotatable bonds is 14. The Balaban J connectivity index is 1.26. The summed E-state index contributed by atoms with van der Waals surface area (Å²) < 4.78 is 6.21. The number of carbonyl (C=O) groups is 2. The first-order valence-corrected chi connectivity index (χ1v) is 12.7. The van der Waals surface area contributed by atoms with Gasteiger partial charge in [0, 0.05) is 12.5 Å². The number of hydrogen-bond donors (Lipinski definition) is 3. The zero-order valence-corrected chi connectivity index (χ0v) is 19.0. The molecule has 0 aromatic carbocycles. The highest BCUT2D eigenvalue weighted by atomic mass is 16.5. The van der Waals surface area contributed by atoms with E-state index in [1.807, 2.05) is 0 Å². The summed E-state index contributed by atoms with van der Waals surface area (Å²) in [5.74, 6) is 0.693. The zero-order valence-electron chi connectivity index (χ0n) is 19.0. The van der Waals surface area contributed by atoms with Crippen molar-refractivity contribution in [2.45, 2.75) is 108 Å². The van der Waals surface area contributed by atoms with Crippen LogP contribution >= 0.6 is 0 Å². The predicted molar refractivity (Wildman–Crippen MR) is 122 cm³/mol. The standard InChI is InChI=1S/C25H42N2O4/c28-24(27-19-10-4-3-5-11-19)18-26-17-9-8-13-21-20(22-15-16-23(21)31-22)12-6-1-2-7-14-25(29)30/h1,6,19-23,26H,2-5,7-18H2,(H,27,28)(H,29,30)/t20-,21+,22-,23+/m1/s1. The van der Waals surface area contributed by atoms with E-state index in [1.165, 1.54) is 44.9 Å². The van der Waals surface area contributed by atoms with Gasteiger partial charge >= 0.3 is 5.97 Å². The summed E-state index contributed by atoms with van der Waals surface area (Å²) in [5.41, 5.74) is 0. The van der Waals surface area contributed by atoms with Gasteiger partial charge in [0.1, 0.15) is 0 Å². The fraction of sp³-hybridized carbons (Fsp3) is 0.840. The molecule has 2 bridgehead atoms. The molecule has 1 aliphatic carbocycles. The quantitative estimate of drug-likeness (QED) is 0.282. The lowest BCUT2D eigenvalue weighted by Crippen LogP contribution is -2.41. The maximum Gasteiger partial charge on any atom is 0.303 e. The Labute approximate surface area is 187 Å². The minimum Gasteiger partial charge on any atom is -0.481 e. The van der Waals surface area contributed by atoms with Crippen LogP contribution in [-0.4, -0.2) is 48.3 Å². The number of carboxylic acid groups (broad SMARTS) is 1. The molecule has 3 rings (SSSR count). The minimum absolute atomic E-state index is 0.142. The van der Waals surface area contributed by atoms with Gasteiger partial charge < -0.3 is 20.5 Å². The van der Waals surface area contributed by atoms with Crippen molar-refractivity contribution in [2.75, 3.05) is 13.1 Å². The van der Waals surface area contributed by atoms with E-state index in [4.69, 9.17) is 9.84 Å². The van der Waals surface area contributed by atoms with Crippen LogP contribution in [0.3, 0.4) is 0 Å². The fourth-order valence-corrected chi connectivity index (χ4v) is 5.70. The maximum absolute atomic E-state index is 12.1. The van der Waals surface area contributed by atoms with Gasteiger partial charge in [-0.05, 0) is 76.2 Å². The van der Waals surface area contributed by atoms with Gasteiger partial charge in [0.15, 0.2) is 0 Å². The van der Waals surface area contributed by atoms with Crippen LogP contribution in [0.2, 0.25) is 0 Å². The number of nitrogens with one attached hydrogen (secondary N) is 2. The molecular weight excluding hydrogens is 392 g/mol. The third-order valence-electron chi connectivity index (χ3n) is 7.32. The molecule has 0 radical (unpaired) electrons. The molecule has 0 spiro atoms. The smallest absolute Gasteiger partial charge is 0.303 e. The van der Waals surface area contributed by atoms with Crippen LogP contribution in [0.5, 0.6) is 0 Å². The van der Waals surface area contributed by atoms with Crippen molar-refractivity contribution < 1.29 is 19.4 Å². The van der Waals surface area contributed by atoms with E-state index in [0.29, 0.717) is 43.1 Å². The second kappa shape index (κ2) is 13.2. The van der Waals surface area contributed by atoms with Gasteiger partial charge in [-0.2, -0.15) is 0 Å². The van der Waals surface area contributed by atoms with Crippen LogP contribution < -0.4 is 10.6 Å². The Morgan fingerprint density at radius 3 is 2.48 bits per heavy atom. The molecule has 31 heavy (non-hydrogen) atoms. The summed E-state index contributed by atoms with van der Waals surface area (Å²) >= 11 is 0. The molecule has 0 aromatic heterocycles. The van der Waals surface area contributed by atoms with Crippen LogP contribution in [0.15, 0.2) is 12.2 Å². The number of aliphatic carboxylic acids is 1. The monoisotopic (exact) mass is 434 g/mol. The first-order chi connectivity index (χ1) is 15.1. The molecule has 3 N–H and O–H groups in total. The first kappa shape index (κ1) is 24.2. The molecule has 0 aromatic rings. The molecule has 3 aliphatic rings.